The first-order valence-electron chi connectivity index (χ1n) is 6.10. The molecule has 0 saturated heterocycles. The highest BCUT2D eigenvalue weighted by atomic mass is 19.1. The molecule has 98 valence electrons. The molecule has 0 aliphatic carbocycles. The van der Waals surface area contributed by atoms with E-state index in [1.165, 1.54) is 12.1 Å². The molecule has 0 saturated carbocycles. The first kappa shape index (κ1) is 13.1. The number of anilines is 1. The standard InChI is InChI=1S/C16H16FNO/c1-2-10-19-16-5-3-4-13(11-16)12-18-15-8-6-14(17)7-9-15/h2-9,11,18H,1,10,12H2. The third kappa shape index (κ3) is 4.14. The van der Waals surface area contributed by atoms with E-state index in [1.54, 1.807) is 18.2 Å². The largest absolute Gasteiger partial charge is 0.490 e. The predicted octanol–water partition coefficient (Wildman–Crippen LogP) is 4.00. The van der Waals surface area contributed by atoms with Crippen molar-refractivity contribution in [3.63, 3.8) is 0 Å². The molecular formula is C16H16FNO. The minimum Gasteiger partial charge on any atom is -0.490 e. The van der Waals surface area contributed by atoms with Gasteiger partial charge in [-0.25, -0.2) is 4.39 Å². The van der Waals surface area contributed by atoms with Gasteiger partial charge >= 0.3 is 0 Å². The molecule has 2 nitrogen and oxygen atoms in total. The lowest BCUT2D eigenvalue weighted by molar-refractivity contribution is 0.363. The molecule has 0 amide bonds. The predicted molar refractivity (Wildman–Crippen MR) is 75.9 cm³/mol. The van der Waals surface area contributed by atoms with E-state index in [0.717, 1.165) is 17.0 Å². The summed E-state index contributed by atoms with van der Waals surface area (Å²) in [6, 6.07) is 14.1. The Bertz CT molecular complexity index is 537. The zero-order valence-corrected chi connectivity index (χ0v) is 10.6. The van der Waals surface area contributed by atoms with E-state index in [2.05, 4.69) is 11.9 Å². The topological polar surface area (TPSA) is 21.3 Å². The molecule has 0 aromatic heterocycles. The van der Waals surface area contributed by atoms with E-state index in [1.807, 2.05) is 24.3 Å². The van der Waals surface area contributed by atoms with Crippen LogP contribution in [0, 0.1) is 5.82 Å². The number of halogens is 1. The summed E-state index contributed by atoms with van der Waals surface area (Å²) < 4.78 is 18.2. The highest BCUT2D eigenvalue weighted by Crippen LogP contribution is 2.15. The van der Waals surface area contributed by atoms with Crippen molar-refractivity contribution in [2.45, 2.75) is 6.54 Å². The number of hydrogen-bond acceptors (Lipinski definition) is 2. The van der Waals surface area contributed by atoms with Crippen LogP contribution in [0.15, 0.2) is 61.2 Å². The van der Waals surface area contributed by atoms with Gasteiger partial charge in [0.2, 0.25) is 0 Å². The second-order valence-electron chi connectivity index (χ2n) is 4.11. The fourth-order valence-corrected chi connectivity index (χ4v) is 1.67. The minimum absolute atomic E-state index is 0.231. The van der Waals surface area contributed by atoms with Gasteiger partial charge in [-0.2, -0.15) is 0 Å². The Balaban J connectivity index is 1.95. The van der Waals surface area contributed by atoms with Crippen LogP contribution in [-0.2, 0) is 6.54 Å². The van der Waals surface area contributed by atoms with E-state index < -0.39 is 0 Å². The highest BCUT2D eigenvalue weighted by molar-refractivity contribution is 5.44. The van der Waals surface area contributed by atoms with Crippen LogP contribution in [-0.4, -0.2) is 6.61 Å². The lowest BCUT2D eigenvalue weighted by Crippen LogP contribution is -2.00. The zero-order chi connectivity index (χ0) is 13.5. The summed E-state index contributed by atoms with van der Waals surface area (Å²) in [7, 11) is 0. The van der Waals surface area contributed by atoms with Gasteiger partial charge in [-0.15, -0.1) is 0 Å². The number of benzene rings is 2. The number of rotatable bonds is 6. The lowest BCUT2D eigenvalue weighted by Gasteiger charge is -2.08. The molecule has 0 spiro atoms. The van der Waals surface area contributed by atoms with E-state index in [0.29, 0.717) is 13.2 Å². The first-order valence-corrected chi connectivity index (χ1v) is 6.10. The summed E-state index contributed by atoms with van der Waals surface area (Å²) in [5.41, 5.74) is 1.99. The van der Waals surface area contributed by atoms with Crippen molar-refractivity contribution in [1.29, 1.82) is 0 Å². The maximum atomic E-state index is 12.8. The zero-order valence-electron chi connectivity index (χ0n) is 10.6. The Morgan fingerprint density at radius 3 is 2.68 bits per heavy atom. The Morgan fingerprint density at radius 2 is 1.95 bits per heavy atom. The SMILES string of the molecule is C=CCOc1cccc(CNc2ccc(F)cc2)c1. The van der Waals surface area contributed by atoms with E-state index in [-0.39, 0.29) is 5.82 Å². The Hall–Kier alpha value is -2.29. The van der Waals surface area contributed by atoms with Crippen molar-refractivity contribution in [1.82, 2.24) is 0 Å². The smallest absolute Gasteiger partial charge is 0.123 e. The van der Waals surface area contributed by atoms with Crippen LogP contribution in [0.25, 0.3) is 0 Å². The molecule has 0 aliphatic heterocycles. The van der Waals surface area contributed by atoms with Gasteiger partial charge in [0.15, 0.2) is 0 Å². The van der Waals surface area contributed by atoms with Crippen molar-refractivity contribution in [2.75, 3.05) is 11.9 Å². The average Bonchev–Trinajstić information content (AvgIpc) is 2.45. The van der Waals surface area contributed by atoms with Crippen molar-refractivity contribution in [3.8, 4) is 5.75 Å². The van der Waals surface area contributed by atoms with Crippen LogP contribution in [0.3, 0.4) is 0 Å². The van der Waals surface area contributed by atoms with Crippen molar-refractivity contribution < 1.29 is 9.13 Å². The van der Waals surface area contributed by atoms with Gasteiger partial charge in [0.25, 0.3) is 0 Å². The van der Waals surface area contributed by atoms with Gasteiger partial charge in [0.1, 0.15) is 18.2 Å². The molecule has 2 rings (SSSR count). The van der Waals surface area contributed by atoms with Gasteiger partial charge in [0, 0.05) is 12.2 Å². The Labute approximate surface area is 112 Å². The summed E-state index contributed by atoms with van der Waals surface area (Å²) in [5, 5.41) is 3.23. The van der Waals surface area contributed by atoms with Crippen LogP contribution in [0.5, 0.6) is 5.75 Å². The van der Waals surface area contributed by atoms with Crippen LogP contribution in [0.4, 0.5) is 10.1 Å². The van der Waals surface area contributed by atoms with E-state index >= 15 is 0 Å². The number of nitrogens with one attached hydrogen (secondary N) is 1. The third-order valence-corrected chi connectivity index (χ3v) is 2.61. The number of hydrogen-bond donors (Lipinski definition) is 1. The fourth-order valence-electron chi connectivity index (χ4n) is 1.67. The maximum Gasteiger partial charge on any atom is 0.123 e. The molecule has 3 heteroatoms. The summed E-state index contributed by atoms with van der Waals surface area (Å²) in [4.78, 5) is 0. The van der Waals surface area contributed by atoms with Gasteiger partial charge in [-0.3, -0.25) is 0 Å². The van der Waals surface area contributed by atoms with Crippen molar-refractivity contribution >= 4 is 5.69 Å². The summed E-state index contributed by atoms with van der Waals surface area (Å²) in [5.74, 6) is 0.587. The average molecular weight is 257 g/mol. The van der Waals surface area contributed by atoms with E-state index in [9.17, 15) is 4.39 Å². The molecule has 0 atom stereocenters. The molecule has 0 fully saturated rings. The third-order valence-electron chi connectivity index (χ3n) is 2.61. The molecule has 1 N–H and O–H groups in total. The first-order chi connectivity index (χ1) is 9.28. The molecule has 19 heavy (non-hydrogen) atoms. The molecular weight excluding hydrogens is 241 g/mol. The lowest BCUT2D eigenvalue weighted by atomic mass is 10.2. The van der Waals surface area contributed by atoms with Crippen molar-refractivity contribution in [2.24, 2.45) is 0 Å². The molecule has 0 heterocycles. The van der Waals surface area contributed by atoms with Gasteiger partial charge < -0.3 is 10.1 Å². The Kier molecular flexibility index (Phi) is 4.56. The number of ether oxygens (including phenoxy) is 1. The van der Waals surface area contributed by atoms with Gasteiger partial charge in [-0.1, -0.05) is 24.8 Å². The van der Waals surface area contributed by atoms with Crippen LogP contribution in [0.2, 0.25) is 0 Å². The maximum absolute atomic E-state index is 12.8. The van der Waals surface area contributed by atoms with Gasteiger partial charge in [-0.05, 0) is 42.0 Å². The Morgan fingerprint density at radius 1 is 1.16 bits per heavy atom. The molecule has 2 aromatic rings. The van der Waals surface area contributed by atoms with Gasteiger partial charge in [0.05, 0.1) is 0 Å². The van der Waals surface area contributed by atoms with Crippen molar-refractivity contribution in [3.05, 3.63) is 72.6 Å². The second-order valence-corrected chi connectivity index (χ2v) is 4.11. The van der Waals surface area contributed by atoms with Crippen LogP contribution < -0.4 is 10.1 Å². The molecule has 2 aromatic carbocycles. The second kappa shape index (κ2) is 6.59. The summed E-state index contributed by atoms with van der Waals surface area (Å²) in [6.07, 6.45) is 1.71. The fraction of sp³-hybridized carbons (Fsp3) is 0.125. The molecule has 0 radical (unpaired) electrons. The molecule has 0 unspecified atom stereocenters. The highest BCUT2D eigenvalue weighted by Gasteiger charge is 1.97. The summed E-state index contributed by atoms with van der Waals surface area (Å²) >= 11 is 0. The van der Waals surface area contributed by atoms with Crippen LogP contribution in [0.1, 0.15) is 5.56 Å². The monoisotopic (exact) mass is 257 g/mol. The van der Waals surface area contributed by atoms with E-state index in [4.69, 9.17) is 4.74 Å². The quantitative estimate of drug-likeness (QED) is 0.790. The summed E-state index contributed by atoms with van der Waals surface area (Å²) in [6.45, 7) is 4.77. The normalized spacial score (nSPS) is 9.95. The molecule has 0 aliphatic rings. The molecule has 0 bridgehead atoms. The van der Waals surface area contributed by atoms with Crippen LogP contribution >= 0.6 is 0 Å². The minimum atomic E-state index is -0.231.